The van der Waals surface area contributed by atoms with Gasteiger partial charge in [0.2, 0.25) is 0 Å². The number of carbonyl (C=O) groups excluding carboxylic acids is 2. The van der Waals surface area contributed by atoms with Gasteiger partial charge in [0.15, 0.2) is 0 Å². The first-order valence-corrected chi connectivity index (χ1v) is 26.8. The van der Waals surface area contributed by atoms with Gasteiger partial charge in [0.05, 0.1) is 59.5 Å². The fraction of sp³-hybridized carbons (Fsp3) is 0.292. The molecule has 13 heteroatoms. The van der Waals surface area contributed by atoms with Crippen LogP contribution in [0.2, 0.25) is 0 Å². The Bertz CT molecular complexity index is 3740. The maximum atomic E-state index is 14.1. The molecule has 0 saturated heterocycles. The Morgan fingerprint density at radius 3 is 1.88 bits per heavy atom. The van der Waals surface area contributed by atoms with E-state index in [1.807, 2.05) is 57.9 Å². The number of aliphatic hydroxyl groups is 1. The molecule has 0 radical (unpaired) electrons. The first-order valence-electron chi connectivity index (χ1n) is 26.8. The Balaban J connectivity index is 0.791. The lowest BCUT2D eigenvalue weighted by Crippen LogP contribution is -2.57. The summed E-state index contributed by atoms with van der Waals surface area (Å²) in [7, 11) is 0. The monoisotopic (exact) mass is 1040 g/mol. The zero-order valence-corrected chi connectivity index (χ0v) is 43.6. The van der Waals surface area contributed by atoms with Crippen LogP contribution in [0, 0.1) is 40.9 Å². The number of carboxylic acids is 2. The fourth-order valence-electron chi connectivity index (χ4n) is 12.0. The number of aromatic nitrogens is 4. The molecular formula is C65H60N6O7. The summed E-state index contributed by atoms with van der Waals surface area (Å²) in [6, 6.07) is 41.9. The second kappa shape index (κ2) is 21.3. The van der Waals surface area contributed by atoms with Crippen molar-refractivity contribution < 1.29 is 34.5 Å². The highest BCUT2D eigenvalue weighted by molar-refractivity contribution is 6.08. The molecule has 13 nitrogen and oxygen atoms in total. The molecule has 3 fully saturated rings. The standard InChI is InChI=1S/C65H60N6O7/c1-3-8-43-29-51-37-66-70(58(51)56(31-43)61(73)69-54-35-65(36-54)33-52(34-65)63(76)77)39-41-15-19-47(20-16-41)50-12-7-9-44(30-50)32-64(2,78)28-27-48-23-26-55(60(72)68-53-24-21-49(22-25-53)62(74)75)59-57(48)38-67-71(59)40-42-13-17-46(18-14-42)45-10-5-4-6-11-45/h4-7,9-20,23,26,29-31,37-38,49,52-54,78H,21-22,24-25,32-36,39-40H2,1-2H3,(H,68,72)(H,69,73)(H,74,75)(H,76,77). The maximum absolute atomic E-state index is 14.1. The molecule has 0 aliphatic heterocycles. The molecule has 1 unspecified atom stereocenters. The van der Waals surface area contributed by atoms with Crippen molar-refractivity contribution in [3.05, 3.63) is 179 Å². The number of rotatable bonds is 14. The van der Waals surface area contributed by atoms with Gasteiger partial charge in [-0.05, 0) is 134 Å². The van der Waals surface area contributed by atoms with Crippen LogP contribution in [0.3, 0.4) is 0 Å². The first kappa shape index (κ1) is 51.3. The second-order valence-electron chi connectivity index (χ2n) is 21.9. The number of nitrogens with zero attached hydrogens (tertiary/aromatic N) is 4. The number of fused-ring (bicyclic) bond motifs is 2. The number of nitrogens with one attached hydrogen (secondary N) is 2. The molecule has 78 heavy (non-hydrogen) atoms. The zero-order chi connectivity index (χ0) is 54.1. The highest BCUT2D eigenvalue weighted by Crippen LogP contribution is 2.58. The molecule has 0 bridgehead atoms. The summed E-state index contributed by atoms with van der Waals surface area (Å²) < 4.78 is 3.67. The molecule has 2 aromatic heterocycles. The lowest BCUT2D eigenvalue weighted by Gasteiger charge is -2.56. The average molecular weight is 1040 g/mol. The molecule has 6 aromatic carbocycles. The molecule has 392 valence electrons. The zero-order valence-electron chi connectivity index (χ0n) is 43.6. The Morgan fingerprint density at radius 2 is 1.22 bits per heavy atom. The van der Waals surface area contributed by atoms with Gasteiger partial charge in [-0.3, -0.25) is 28.5 Å². The minimum absolute atomic E-state index is 0.00756. The van der Waals surface area contributed by atoms with Crippen molar-refractivity contribution in [1.82, 2.24) is 30.2 Å². The summed E-state index contributed by atoms with van der Waals surface area (Å²) in [5.41, 5.74) is 9.31. The van der Waals surface area contributed by atoms with Crippen molar-refractivity contribution in [3.63, 3.8) is 0 Å². The van der Waals surface area contributed by atoms with Gasteiger partial charge in [0, 0.05) is 40.4 Å². The van der Waals surface area contributed by atoms with Crippen LogP contribution in [-0.2, 0) is 29.1 Å². The van der Waals surface area contributed by atoms with E-state index in [4.69, 9.17) is 10.2 Å². The van der Waals surface area contributed by atoms with E-state index in [-0.39, 0.29) is 41.7 Å². The molecule has 11 rings (SSSR count). The summed E-state index contributed by atoms with van der Waals surface area (Å²) >= 11 is 0. The SMILES string of the molecule is CC#Cc1cc(C(=O)NC2CC3(C2)CC(C(=O)O)C3)c2c(cnn2Cc2ccc(-c3cccc(CC(C)(O)C#Cc4ccc(C(=O)NC5CCC(C(=O)O)CC5)c5c4cnn5Cc4ccc(-c5ccccc5)cc4)c3)cc2)c1. The van der Waals surface area contributed by atoms with E-state index in [9.17, 15) is 34.5 Å². The Hall–Kier alpha value is -8.78. The van der Waals surface area contributed by atoms with E-state index in [2.05, 4.69) is 101 Å². The summed E-state index contributed by atoms with van der Waals surface area (Å²) in [5, 5.41) is 48.2. The third-order valence-electron chi connectivity index (χ3n) is 16.1. The van der Waals surface area contributed by atoms with E-state index >= 15 is 0 Å². The molecule has 8 aromatic rings. The van der Waals surface area contributed by atoms with Gasteiger partial charge >= 0.3 is 11.9 Å². The number of hydrogen-bond donors (Lipinski definition) is 5. The van der Waals surface area contributed by atoms with Gasteiger partial charge in [-0.15, -0.1) is 5.92 Å². The minimum atomic E-state index is -1.43. The van der Waals surface area contributed by atoms with Crippen molar-refractivity contribution in [2.75, 3.05) is 0 Å². The molecule has 3 aliphatic carbocycles. The van der Waals surface area contributed by atoms with Crippen LogP contribution in [0.5, 0.6) is 0 Å². The fourth-order valence-corrected chi connectivity index (χ4v) is 12.0. The highest BCUT2D eigenvalue weighted by Gasteiger charge is 2.55. The highest BCUT2D eigenvalue weighted by atomic mass is 16.4. The minimum Gasteiger partial charge on any atom is -0.481 e. The van der Waals surface area contributed by atoms with E-state index in [0.29, 0.717) is 79.2 Å². The van der Waals surface area contributed by atoms with Crippen LogP contribution < -0.4 is 10.6 Å². The van der Waals surface area contributed by atoms with Crippen molar-refractivity contribution >= 4 is 45.6 Å². The lowest BCUT2D eigenvalue weighted by atomic mass is 9.50. The van der Waals surface area contributed by atoms with Crippen LogP contribution >= 0.6 is 0 Å². The molecule has 5 N–H and O–H groups in total. The van der Waals surface area contributed by atoms with Crippen molar-refractivity contribution in [2.24, 2.45) is 17.3 Å². The van der Waals surface area contributed by atoms with Crippen molar-refractivity contribution in [2.45, 2.75) is 102 Å². The lowest BCUT2D eigenvalue weighted by molar-refractivity contribution is -0.155. The smallest absolute Gasteiger partial charge is 0.306 e. The second-order valence-corrected chi connectivity index (χ2v) is 21.9. The molecule has 2 amide bonds. The number of carboxylic acid groups (broad SMARTS) is 2. The van der Waals surface area contributed by atoms with Crippen LogP contribution in [-0.4, -0.2) is 76.3 Å². The quantitative estimate of drug-likeness (QED) is 0.0661. The van der Waals surface area contributed by atoms with E-state index in [1.54, 1.807) is 38.4 Å². The third kappa shape index (κ3) is 10.9. The number of amides is 2. The summed E-state index contributed by atoms with van der Waals surface area (Å²) in [4.78, 5) is 51.1. The number of carbonyl (C=O) groups is 4. The molecule has 1 spiro atoms. The van der Waals surface area contributed by atoms with Crippen LogP contribution in [0.4, 0.5) is 0 Å². The average Bonchev–Trinajstić information content (AvgIpc) is 4.18. The van der Waals surface area contributed by atoms with E-state index < -0.39 is 23.5 Å². The Morgan fingerprint density at radius 1 is 0.615 bits per heavy atom. The number of hydrogen-bond acceptors (Lipinski definition) is 7. The van der Waals surface area contributed by atoms with Crippen molar-refractivity contribution in [1.29, 1.82) is 0 Å². The van der Waals surface area contributed by atoms with E-state index in [0.717, 1.165) is 68.3 Å². The summed E-state index contributed by atoms with van der Waals surface area (Å²) in [5.74, 6) is 9.77. The normalized spacial score (nSPS) is 20.2. The van der Waals surface area contributed by atoms with E-state index in [1.165, 1.54) is 0 Å². The molecule has 2 heterocycles. The van der Waals surface area contributed by atoms with Crippen LogP contribution in [0.25, 0.3) is 44.1 Å². The van der Waals surface area contributed by atoms with Gasteiger partial charge in [-0.1, -0.05) is 121 Å². The maximum Gasteiger partial charge on any atom is 0.306 e. The molecular weight excluding hydrogens is 977 g/mol. The topological polar surface area (TPSA) is 189 Å². The van der Waals surface area contributed by atoms with Crippen LogP contribution in [0.15, 0.2) is 140 Å². The number of benzene rings is 6. The van der Waals surface area contributed by atoms with Crippen molar-refractivity contribution in [3.8, 4) is 45.9 Å². The summed E-state index contributed by atoms with van der Waals surface area (Å²) in [6.07, 6.45) is 8.85. The Kier molecular flexibility index (Phi) is 14.0. The van der Waals surface area contributed by atoms with Gasteiger partial charge in [0.25, 0.3) is 11.8 Å². The third-order valence-corrected chi connectivity index (χ3v) is 16.1. The van der Waals surface area contributed by atoms with Gasteiger partial charge in [-0.2, -0.15) is 10.2 Å². The van der Waals surface area contributed by atoms with Gasteiger partial charge in [-0.25, -0.2) is 0 Å². The van der Waals surface area contributed by atoms with Gasteiger partial charge in [0.1, 0.15) is 5.60 Å². The number of aliphatic carboxylic acids is 2. The molecule has 1 atom stereocenters. The largest absolute Gasteiger partial charge is 0.481 e. The van der Waals surface area contributed by atoms with Gasteiger partial charge < -0.3 is 26.0 Å². The summed E-state index contributed by atoms with van der Waals surface area (Å²) in [6.45, 7) is 4.29. The van der Waals surface area contributed by atoms with Crippen LogP contribution in [0.1, 0.15) is 114 Å². The molecule has 3 saturated carbocycles. The molecule has 3 aliphatic rings. The predicted molar refractivity (Wildman–Crippen MR) is 299 cm³/mol. The predicted octanol–water partition coefficient (Wildman–Crippen LogP) is 10.3. The first-order chi connectivity index (χ1) is 37.7. The Labute approximate surface area is 452 Å².